The number of rotatable bonds is 4. The molecular formula is C18H20F2N8O. The number of aryl methyl sites for hydroxylation is 1. The Morgan fingerprint density at radius 1 is 1.31 bits per heavy atom. The second kappa shape index (κ2) is 7.49. The molecular weight excluding hydrogens is 382 g/mol. The van der Waals surface area contributed by atoms with Crippen molar-refractivity contribution in [1.82, 2.24) is 25.2 Å². The number of nitrogen functional groups attached to an aromatic ring is 1. The van der Waals surface area contributed by atoms with Crippen LogP contribution in [0.3, 0.4) is 0 Å². The van der Waals surface area contributed by atoms with E-state index in [0.29, 0.717) is 12.6 Å². The van der Waals surface area contributed by atoms with Gasteiger partial charge in [0.1, 0.15) is 11.3 Å². The molecule has 11 heteroatoms. The van der Waals surface area contributed by atoms with Crippen LogP contribution in [0.2, 0.25) is 0 Å². The predicted octanol–water partition coefficient (Wildman–Crippen LogP) is 1.58. The van der Waals surface area contributed by atoms with E-state index in [2.05, 4.69) is 30.8 Å². The molecule has 1 saturated heterocycles. The van der Waals surface area contributed by atoms with Gasteiger partial charge in [0, 0.05) is 32.4 Å². The third kappa shape index (κ3) is 3.89. The van der Waals surface area contributed by atoms with Gasteiger partial charge in [0.25, 0.3) is 0 Å². The van der Waals surface area contributed by atoms with E-state index in [0.717, 1.165) is 31.1 Å². The number of carbonyl (C=O) groups excluding carboxylic acids is 1. The summed E-state index contributed by atoms with van der Waals surface area (Å²) < 4.78 is 29.3. The standard InChI is InChI=1S/C18H20F2N8O/c1-27-9-12(7-22-27)28-4-2-3-10(8-28)17(29)26-25-16-13-5-11(19)6-14(20)15(13)23-18(21)24-16/h5-7,9-10H,2-4,8H2,1H3,(H,26,29)(H3,21,23,24,25)/t10-/m0/s1. The first-order valence-electron chi connectivity index (χ1n) is 9.12. The molecule has 3 heterocycles. The Hall–Kier alpha value is -3.50. The van der Waals surface area contributed by atoms with Crippen LogP contribution in [-0.4, -0.2) is 38.7 Å². The van der Waals surface area contributed by atoms with Gasteiger partial charge in [-0.25, -0.2) is 13.8 Å². The number of aromatic nitrogens is 4. The van der Waals surface area contributed by atoms with Crippen LogP contribution in [0, 0.1) is 17.6 Å². The summed E-state index contributed by atoms with van der Waals surface area (Å²) in [5.74, 6) is -2.32. The van der Waals surface area contributed by atoms with Crippen LogP contribution in [0.25, 0.3) is 10.9 Å². The number of hydrogen-bond donors (Lipinski definition) is 3. The molecule has 0 saturated carbocycles. The van der Waals surface area contributed by atoms with Crippen LogP contribution in [0.15, 0.2) is 24.5 Å². The van der Waals surface area contributed by atoms with Gasteiger partial charge in [-0.15, -0.1) is 0 Å². The lowest BCUT2D eigenvalue weighted by atomic mass is 9.97. The number of amides is 1. The number of hydrogen-bond acceptors (Lipinski definition) is 7. The molecule has 4 N–H and O–H groups in total. The minimum Gasteiger partial charge on any atom is -0.368 e. The zero-order valence-electron chi connectivity index (χ0n) is 15.7. The molecule has 0 unspecified atom stereocenters. The van der Waals surface area contributed by atoms with Crippen LogP contribution >= 0.6 is 0 Å². The van der Waals surface area contributed by atoms with Crippen molar-refractivity contribution in [3.8, 4) is 0 Å². The summed E-state index contributed by atoms with van der Waals surface area (Å²) in [7, 11) is 1.84. The highest BCUT2D eigenvalue weighted by Crippen LogP contribution is 2.25. The van der Waals surface area contributed by atoms with Crippen molar-refractivity contribution < 1.29 is 13.6 Å². The number of hydrazine groups is 1. The van der Waals surface area contributed by atoms with Crippen LogP contribution < -0.4 is 21.5 Å². The van der Waals surface area contributed by atoms with Crippen LogP contribution in [0.5, 0.6) is 0 Å². The zero-order chi connectivity index (χ0) is 20.5. The molecule has 9 nitrogen and oxygen atoms in total. The molecule has 0 aliphatic carbocycles. The van der Waals surface area contributed by atoms with Crippen molar-refractivity contribution in [3.63, 3.8) is 0 Å². The van der Waals surface area contributed by atoms with E-state index in [4.69, 9.17) is 5.73 Å². The highest BCUT2D eigenvalue weighted by Gasteiger charge is 2.27. The first-order valence-corrected chi connectivity index (χ1v) is 9.12. The van der Waals surface area contributed by atoms with Crippen LogP contribution in [0.1, 0.15) is 12.8 Å². The van der Waals surface area contributed by atoms with E-state index < -0.39 is 11.6 Å². The predicted molar refractivity (Wildman–Crippen MR) is 104 cm³/mol. The van der Waals surface area contributed by atoms with Gasteiger partial charge in [0.05, 0.1) is 23.2 Å². The number of carbonyl (C=O) groups is 1. The second-order valence-electron chi connectivity index (χ2n) is 6.99. The van der Waals surface area contributed by atoms with Crippen LogP contribution in [-0.2, 0) is 11.8 Å². The molecule has 0 radical (unpaired) electrons. The molecule has 1 aliphatic rings. The summed E-state index contributed by atoms with van der Waals surface area (Å²) in [6.07, 6.45) is 5.24. The topological polar surface area (TPSA) is 114 Å². The van der Waals surface area contributed by atoms with E-state index in [9.17, 15) is 13.6 Å². The molecule has 1 atom stereocenters. The fourth-order valence-electron chi connectivity index (χ4n) is 3.49. The Labute approximate surface area is 164 Å². The average Bonchev–Trinajstić information content (AvgIpc) is 3.13. The molecule has 29 heavy (non-hydrogen) atoms. The smallest absolute Gasteiger partial charge is 0.243 e. The second-order valence-corrected chi connectivity index (χ2v) is 6.99. The Balaban J connectivity index is 1.48. The van der Waals surface area contributed by atoms with Gasteiger partial charge in [0.2, 0.25) is 11.9 Å². The van der Waals surface area contributed by atoms with Gasteiger partial charge in [-0.05, 0) is 18.9 Å². The van der Waals surface area contributed by atoms with Crippen molar-refractivity contribution in [3.05, 3.63) is 36.2 Å². The Kier molecular flexibility index (Phi) is 4.87. The van der Waals surface area contributed by atoms with Gasteiger partial charge in [-0.3, -0.25) is 20.3 Å². The maximum atomic E-state index is 14.0. The molecule has 1 aliphatic heterocycles. The lowest BCUT2D eigenvalue weighted by molar-refractivity contribution is -0.124. The molecule has 0 spiro atoms. The fourth-order valence-corrected chi connectivity index (χ4v) is 3.49. The van der Waals surface area contributed by atoms with E-state index in [-0.39, 0.29) is 34.5 Å². The Bertz CT molecular complexity index is 1070. The van der Waals surface area contributed by atoms with E-state index in [1.54, 1.807) is 10.9 Å². The molecule has 0 bridgehead atoms. The van der Waals surface area contributed by atoms with Gasteiger partial charge >= 0.3 is 0 Å². The SMILES string of the molecule is Cn1cc(N2CCC[C@H](C(=O)NNc3nc(N)nc4c(F)cc(F)cc34)C2)cn1. The molecule has 152 valence electrons. The fraction of sp³-hybridized carbons (Fsp3) is 0.333. The van der Waals surface area contributed by atoms with Crippen molar-refractivity contribution >= 4 is 34.3 Å². The van der Waals surface area contributed by atoms with Crippen LogP contribution in [0.4, 0.5) is 26.2 Å². The van der Waals surface area contributed by atoms with E-state index >= 15 is 0 Å². The van der Waals surface area contributed by atoms with Gasteiger partial charge in [-0.1, -0.05) is 0 Å². The third-order valence-electron chi connectivity index (χ3n) is 4.89. The minimum atomic E-state index is -0.858. The molecule has 1 fully saturated rings. The molecule has 3 aromatic rings. The number of fused-ring (bicyclic) bond motifs is 1. The van der Waals surface area contributed by atoms with Crippen molar-refractivity contribution in [2.45, 2.75) is 12.8 Å². The maximum absolute atomic E-state index is 14.0. The largest absolute Gasteiger partial charge is 0.368 e. The zero-order valence-corrected chi connectivity index (χ0v) is 15.7. The number of nitrogens with one attached hydrogen (secondary N) is 2. The summed E-state index contributed by atoms with van der Waals surface area (Å²) in [4.78, 5) is 22.5. The van der Waals surface area contributed by atoms with E-state index in [1.165, 1.54) is 0 Å². The first kappa shape index (κ1) is 18.8. The van der Waals surface area contributed by atoms with Crippen molar-refractivity contribution in [2.75, 3.05) is 29.1 Å². The summed E-state index contributed by atoms with van der Waals surface area (Å²) in [5.41, 5.74) is 11.7. The Morgan fingerprint density at radius 3 is 2.90 bits per heavy atom. The van der Waals surface area contributed by atoms with Gasteiger partial charge in [0.15, 0.2) is 11.6 Å². The van der Waals surface area contributed by atoms with Gasteiger partial charge < -0.3 is 10.6 Å². The summed E-state index contributed by atoms with van der Waals surface area (Å²) in [6.45, 7) is 1.38. The number of halogens is 2. The average molecular weight is 402 g/mol. The van der Waals surface area contributed by atoms with Crippen molar-refractivity contribution in [2.24, 2.45) is 13.0 Å². The lowest BCUT2D eigenvalue weighted by Crippen LogP contribution is -2.44. The summed E-state index contributed by atoms with van der Waals surface area (Å²) >= 11 is 0. The van der Waals surface area contributed by atoms with Gasteiger partial charge in [-0.2, -0.15) is 10.1 Å². The highest BCUT2D eigenvalue weighted by molar-refractivity contribution is 5.91. The quantitative estimate of drug-likeness (QED) is 0.568. The number of piperidine rings is 1. The molecule has 1 amide bonds. The maximum Gasteiger partial charge on any atom is 0.243 e. The monoisotopic (exact) mass is 402 g/mol. The first-order chi connectivity index (χ1) is 13.9. The third-order valence-corrected chi connectivity index (χ3v) is 4.89. The molecule has 1 aromatic carbocycles. The summed E-state index contributed by atoms with van der Waals surface area (Å²) in [6, 6.07) is 1.79. The number of nitrogens with zero attached hydrogens (tertiary/aromatic N) is 5. The summed E-state index contributed by atoms with van der Waals surface area (Å²) in [5, 5.41) is 4.25. The highest BCUT2D eigenvalue weighted by atomic mass is 19.1. The lowest BCUT2D eigenvalue weighted by Gasteiger charge is -2.32. The molecule has 4 rings (SSSR count). The number of anilines is 3. The molecule has 2 aromatic heterocycles. The number of benzene rings is 1. The number of nitrogens with two attached hydrogens (primary N) is 1. The van der Waals surface area contributed by atoms with E-state index in [1.807, 2.05) is 13.2 Å². The normalized spacial score (nSPS) is 16.8. The minimum absolute atomic E-state index is 0.0270. The van der Waals surface area contributed by atoms with Crippen molar-refractivity contribution in [1.29, 1.82) is 0 Å². The Morgan fingerprint density at radius 2 is 2.14 bits per heavy atom.